The number of ether oxygens (including phenoxy) is 1. The molecule has 0 saturated carbocycles. The molecule has 7 nitrogen and oxygen atoms in total. The molecule has 0 bridgehead atoms. The number of fused-ring (bicyclic) bond motifs is 1. The van der Waals surface area contributed by atoms with Gasteiger partial charge in [0, 0.05) is 25.0 Å². The fourth-order valence-electron chi connectivity index (χ4n) is 4.12. The van der Waals surface area contributed by atoms with E-state index in [9.17, 15) is 4.79 Å². The second kappa shape index (κ2) is 9.51. The Bertz CT molecular complexity index is 1440. The minimum absolute atomic E-state index is 0.201. The largest absolute Gasteiger partial charge is 0.379 e. The molecular weight excluding hydrogens is 433 g/mol. The van der Waals surface area contributed by atoms with Gasteiger partial charge in [-0.15, -0.1) is 0 Å². The molecule has 3 heterocycles. The van der Waals surface area contributed by atoms with Gasteiger partial charge in [-0.3, -0.25) is 9.69 Å². The van der Waals surface area contributed by atoms with Crippen LogP contribution in [0.2, 0.25) is 0 Å². The molecule has 0 atom stereocenters. The molecule has 5 rings (SSSR count). The first kappa shape index (κ1) is 21.9. The number of hydrogen-bond donors (Lipinski definition) is 0. The maximum atomic E-state index is 15.2. The highest BCUT2D eigenvalue weighted by Gasteiger charge is 2.18. The van der Waals surface area contributed by atoms with Gasteiger partial charge in [0.15, 0.2) is 0 Å². The van der Waals surface area contributed by atoms with Crippen LogP contribution in [0.1, 0.15) is 16.8 Å². The maximum Gasteiger partial charge on any atom is 0.274 e. The minimum Gasteiger partial charge on any atom is -0.379 e. The molecular formula is C26H22FN5O2. The van der Waals surface area contributed by atoms with E-state index in [1.165, 1.54) is 4.68 Å². The van der Waals surface area contributed by atoms with Gasteiger partial charge in [0.25, 0.3) is 5.56 Å². The van der Waals surface area contributed by atoms with E-state index in [2.05, 4.69) is 21.1 Å². The number of rotatable bonds is 5. The SMILES string of the molecule is N#Cc1ccc(Cn2nc(-c3ccc(CN4CCOCC4)nc3F)c3ccccc3c2=O)cc1. The van der Waals surface area contributed by atoms with Crippen LogP contribution in [0.4, 0.5) is 4.39 Å². The van der Waals surface area contributed by atoms with Gasteiger partial charge in [-0.1, -0.05) is 30.3 Å². The van der Waals surface area contributed by atoms with Gasteiger partial charge >= 0.3 is 0 Å². The molecule has 170 valence electrons. The summed E-state index contributed by atoms with van der Waals surface area (Å²) < 4.78 is 21.9. The third kappa shape index (κ3) is 4.44. The number of hydrogen-bond acceptors (Lipinski definition) is 6. The molecule has 4 aromatic rings. The lowest BCUT2D eigenvalue weighted by molar-refractivity contribution is 0.0335. The summed E-state index contributed by atoms with van der Waals surface area (Å²) in [6.45, 7) is 3.66. The molecule has 8 heteroatoms. The van der Waals surface area contributed by atoms with Crippen LogP contribution in [0.3, 0.4) is 0 Å². The van der Waals surface area contributed by atoms with Crippen molar-refractivity contribution in [1.29, 1.82) is 5.26 Å². The van der Waals surface area contributed by atoms with Gasteiger partial charge in [-0.2, -0.15) is 14.8 Å². The molecule has 0 radical (unpaired) electrons. The average molecular weight is 455 g/mol. The Hall–Kier alpha value is -3.93. The molecule has 1 aliphatic rings. The Morgan fingerprint density at radius 1 is 0.971 bits per heavy atom. The predicted molar refractivity (Wildman–Crippen MR) is 126 cm³/mol. The van der Waals surface area contributed by atoms with Crippen molar-refractivity contribution in [3.63, 3.8) is 0 Å². The Labute approximate surface area is 195 Å². The van der Waals surface area contributed by atoms with Crippen LogP contribution < -0.4 is 5.56 Å². The zero-order chi connectivity index (χ0) is 23.5. The van der Waals surface area contributed by atoms with Crippen LogP contribution in [0, 0.1) is 17.3 Å². The Kier molecular flexibility index (Phi) is 6.12. The van der Waals surface area contributed by atoms with Crippen molar-refractivity contribution >= 4 is 10.8 Å². The lowest BCUT2D eigenvalue weighted by Gasteiger charge is -2.26. The highest BCUT2D eigenvalue weighted by molar-refractivity contribution is 5.93. The van der Waals surface area contributed by atoms with E-state index in [-0.39, 0.29) is 17.7 Å². The first-order valence-electron chi connectivity index (χ1n) is 11.1. The Morgan fingerprint density at radius 3 is 2.41 bits per heavy atom. The van der Waals surface area contributed by atoms with Crippen LogP contribution in [-0.2, 0) is 17.8 Å². The maximum absolute atomic E-state index is 15.2. The van der Waals surface area contributed by atoms with E-state index in [0.717, 1.165) is 18.7 Å². The van der Waals surface area contributed by atoms with Crippen molar-refractivity contribution in [2.24, 2.45) is 0 Å². The van der Waals surface area contributed by atoms with Crippen LogP contribution in [-0.4, -0.2) is 46.0 Å². The topological polar surface area (TPSA) is 84.0 Å². The fourth-order valence-corrected chi connectivity index (χ4v) is 4.12. The number of halogens is 1. The van der Waals surface area contributed by atoms with E-state index in [0.29, 0.717) is 47.5 Å². The van der Waals surface area contributed by atoms with Crippen molar-refractivity contribution in [3.8, 4) is 17.3 Å². The van der Waals surface area contributed by atoms with Gasteiger partial charge in [0.1, 0.15) is 5.69 Å². The second-order valence-corrected chi connectivity index (χ2v) is 8.20. The number of pyridine rings is 1. The van der Waals surface area contributed by atoms with E-state index in [1.54, 1.807) is 60.7 Å². The molecule has 2 aromatic heterocycles. The molecule has 0 unspecified atom stereocenters. The van der Waals surface area contributed by atoms with Gasteiger partial charge < -0.3 is 4.74 Å². The normalized spacial score (nSPS) is 14.2. The van der Waals surface area contributed by atoms with E-state index >= 15 is 4.39 Å². The smallest absolute Gasteiger partial charge is 0.274 e. The van der Waals surface area contributed by atoms with E-state index in [4.69, 9.17) is 10.00 Å². The summed E-state index contributed by atoms with van der Waals surface area (Å²) in [5, 5.41) is 14.6. The first-order chi connectivity index (χ1) is 16.6. The summed E-state index contributed by atoms with van der Waals surface area (Å²) in [5.74, 6) is -0.619. The lowest BCUT2D eigenvalue weighted by Crippen LogP contribution is -2.35. The van der Waals surface area contributed by atoms with Crippen molar-refractivity contribution in [2.75, 3.05) is 26.3 Å². The summed E-state index contributed by atoms with van der Waals surface area (Å²) in [4.78, 5) is 19.5. The number of morpholine rings is 1. The van der Waals surface area contributed by atoms with Crippen LogP contribution in [0.25, 0.3) is 22.0 Å². The Morgan fingerprint density at radius 2 is 1.71 bits per heavy atom. The molecule has 0 aliphatic carbocycles. The van der Waals surface area contributed by atoms with E-state index < -0.39 is 5.95 Å². The van der Waals surface area contributed by atoms with Crippen molar-refractivity contribution in [1.82, 2.24) is 19.7 Å². The van der Waals surface area contributed by atoms with E-state index in [1.807, 2.05) is 0 Å². The second-order valence-electron chi connectivity index (χ2n) is 8.20. The van der Waals surface area contributed by atoms with Gasteiger partial charge in [0.05, 0.1) is 48.0 Å². The quantitative estimate of drug-likeness (QED) is 0.429. The first-order valence-corrected chi connectivity index (χ1v) is 11.1. The molecule has 2 aromatic carbocycles. The number of nitriles is 1. The fraction of sp³-hybridized carbons (Fsp3) is 0.231. The standard InChI is InChI=1S/C26H22FN5O2/c27-25-23(10-9-20(29-25)17-31-11-13-34-14-12-31)24-21-3-1-2-4-22(21)26(33)32(30-24)16-19-7-5-18(15-28)6-8-19/h1-10H,11-14,16-17H2. The van der Waals surface area contributed by atoms with Crippen LogP contribution in [0.5, 0.6) is 0 Å². The highest BCUT2D eigenvalue weighted by atomic mass is 19.1. The third-order valence-corrected chi connectivity index (χ3v) is 5.93. The summed E-state index contributed by atoms with van der Waals surface area (Å²) in [6.07, 6.45) is 0. The molecule has 1 aliphatic heterocycles. The Balaban J connectivity index is 1.54. The zero-order valence-corrected chi connectivity index (χ0v) is 18.4. The van der Waals surface area contributed by atoms with Crippen LogP contribution >= 0.6 is 0 Å². The van der Waals surface area contributed by atoms with Gasteiger partial charge in [0.2, 0.25) is 5.95 Å². The summed E-state index contributed by atoms with van der Waals surface area (Å²) in [6, 6.07) is 19.6. The van der Waals surface area contributed by atoms with Crippen LogP contribution in [0.15, 0.2) is 65.5 Å². The van der Waals surface area contributed by atoms with Crippen molar-refractivity contribution < 1.29 is 9.13 Å². The molecule has 1 saturated heterocycles. The lowest BCUT2D eigenvalue weighted by atomic mass is 10.1. The molecule has 0 spiro atoms. The molecule has 34 heavy (non-hydrogen) atoms. The van der Waals surface area contributed by atoms with Crippen molar-refractivity contribution in [3.05, 3.63) is 93.8 Å². The van der Waals surface area contributed by atoms with Crippen molar-refractivity contribution in [2.45, 2.75) is 13.1 Å². The number of benzene rings is 2. The monoisotopic (exact) mass is 455 g/mol. The summed E-state index contributed by atoms with van der Waals surface area (Å²) in [5.41, 5.74) is 2.34. The predicted octanol–water partition coefficient (Wildman–Crippen LogP) is 3.35. The summed E-state index contributed by atoms with van der Waals surface area (Å²) in [7, 11) is 0. The average Bonchev–Trinajstić information content (AvgIpc) is 2.87. The highest BCUT2D eigenvalue weighted by Crippen LogP contribution is 2.27. The molecule has 0 amide bonds. The number of nitrogens with zero attached hydrogens (tertiary/aromatic N) is 5. The van der Waals surface area contributed by atoms with Gasteiger partial charge in [-0.25, -0.2) is 9.67 Å². The number of aromatic nitrogens is 3. The zero-order valence-electron chi connectivity index (χ0n) is 18.4. The molecule has 1 fully saturated rings. The third-order valence-electron chi connectivity index (χ3n) is 5.93. The summed E-state index contributed by atoms with van der Waals surface area (Å²) >= 11 is 0. The van der Waals surface area contributed by atoms with Gasteiger partial charge in [-0.05, 0) is 35.9 Å². The minimum atomic E-state index is -0.619. The molecule has 0 N–H and O–H groups in total.